The van der Waals surface area contributed by atoms with Gasteiger partial charge in [0.25, 0.3) is 5.69 Å². The number of thioether (sulfide) groups is 1. The molecule has 0 bridgehead atoms. The summed E-state index contributed by atoms with van der Waals surface area (Å²) >= 11 is 4.35. The maximum Gasteiger partial charge on any atom is 0.399 e. The topological polar surface area (TPSA) is 101 Å². The molecule has 0 amide bonds. The first-order chi connectivity index (χ1) is 12.0. The number of benzene rings is 2. The van der Waals surface area contributed by atoms with Gasteiger partial charge in [-0.3, -0.25) is 14.7 Å². The Kier molecular flexibility index (Phi) is 6.57. The maximum absolute atomic E-state index is 13.8. The highest BCUT2D eigenvalue weighted by Gasteiger charge is 2.51. The van der Waals surface area contributed by atoms with Gasteiger partial charge >= 0.3 is 13.3 Å². The lowest BCUT2D eigenvalue weighted by atomic mass is 10.1. The normalized spacial score (nSPS) is 12.2. The monoisotopic (exact) mass is 467 g/mol. The van der Waals surface area contributed by atoms with Crippen LogP contribution in [-0.4, -0.2) is 14.7 Å². The maximum atomic E-state index is 13.8. The van der Waals surface area contributed by atoms with Crippen molar-refractivity contribution in [3.05, 3.63) is 73.7 Å². The van der Waals surface area contributed by atoms with Crippen molar-refractivity contribution in [1.82, 2.24) is 0 Å². The van der Waals surface area contributed by atoms with Crippen molar-refractivity contribution >= 4 is 41.0 Å². The van der Waals surface area contributed by atoms with Gasteiger partial charge in [0.2, 0.25) is 0 Å². The first-order valence-electron chi connectivity index (χ1n) is 7.06. The van der Waals surface area contributed by atoms with Gasteiger partial charge in [-0.2, -0.15) is 20.5 Å². The summed E-state index contributed by atoms with van der Waals surface area (Å²) in [5.41, 5.74) is -3.64. The molecular formula is C15H13BrF2NO5PS. The minimum Gasteiger partial charge on any atom is -0.320 e. The van der Waals surface area contributed by atoms with Gasteiger partial charge in [-0.15, -0.1) is 0 Å². The van der Waals surface area contributed by atoms with E-state index in [1.54, 1.807) is 12.1 Å². The van der Waals surface area contributed by atoms with E-state index in [-0.39, 0.29) is 10.2 Å². The van der Waals surface area contributed by atoms with E-state index in [9.17, 15) is 23.5 Å². The second-order valence-electron chi connectivity index (χ2n) is 5.32. The Hall–Kier alpha value is -1.32. The van der Waals surface area contributed by atoms with Crippen LogP contribution in [0.2, 0.25) is 0 Å². The molecule has 0 unspecified atom stereocenters. The minimum atomic E-state index is -5.63. The molecule has 0 saturated heterocycles. The zero-order chi connectivity index (χ0) is 19.5. The number of alkyl halides is 2. The Balaban J connectivity index is 2.06. The van der Waals surface area contributed by atoms with E-state index in [4.69, 9.17) is 9.79 Å². The summed E-state index contributed by atoms with van der Waals surface area (Å²) in [6.45, 7) is 0. The lowest BCUT2D eigenvalue weighted by Crippen LogP contribution is -2.14. The van der Waals surface area contributed by atoms with Crippen LogP contribution >= 0.6 is 35.3 Å². The highest BCUT2D eigenvalue weighted by Crippen LogP contribution is 2.60. The van der Waals surface area contributed by atoms with Gasteiger partial charge in [0.05, 0.1) is 4.92 Å². The van der Waals surface area contributed by atoms with Crippen LogP contribution < -0.4 is 0 Å². The van der Waals surface area contributed by atoms with Crippen LogP contribution in [0.3, 0.4) is 0 Å². The fourth-order valence-corrected chi connectivity index (χ4v) is 4.37. The SMILES string of the molecule is O=[N+]([O-])c1cccc(CSCc2ccc(C(F)(F)P(=O)(O)O)c(Br)c2)c1. The minimum absolute atomic E-state index is 0.00475. The fraction of sp³-hybridized carbons (Fsp3) is 0.200. The molecule has 0 spiro atoms. The predicted molar refractivity (Wildman–Crippen MR) is 98.2 cm³/mol. The molecule has 0 aromatic heterocycles. The van der Waals surface area contributed by atoms with Gasteiger partial charge < -0.3 is 9.79 Å². The van der Waals surface area contributed by atoms with Gasteiger partial charge in [0.15, 0.2) is 0 Å². The van der Waals surface area contributed by atoms with Crippen molar-refractivity contribution in [3.63, 3.8) is 0 Å². The molecule has 0 heterocycles. The van der Waals surface area contributed by atoms with Crippen LogP contribution in [0.5, 0.6) is 0 Å². The standard InChI is InChI=1S/C15H13BrF2NO5PS/c16-14-7-11(4-5-13(14)15(17,18)25(22,23)24)9-26-8-10-2-1-3-12(6-10)19(20)21/h1-7H,8-9H2,(H2,22,23,24). The molecule has 0 aliphatic rings. The highest BCUT2D eigenvalue weighted by molar-refractivity contribution is 9.10. The van der Waals surface area contributed by atoms with Crippen molar-refractivity contribution in [2.45, 2.75) is 17.2 Å². The van der Waals surface area contributed by atoms with E-state index >= 15 is 0 Å². The third kappa shape index (κ3) is 4.89. The van der Waals surface area contributed by atoms with E-state index < -0.39 is 23.7 Å². The van der Waals surface area contributed by atoms with Gasteiger partial charge in [-0.05, 0) is 17.2 Å². The molecule has 2 aromatic carbocycles. The number of nitrogens with zero attached hydrogens (tertiary/aromatic N) is 1. The lowest BCUT2D eigenvalue weighted by Gasteiger charge is -2.19. The average molecular weight is 468 g/mol. The summed E-state index contributed by atoms with van der Waals surface area (Å²) in [4.78, 5) is 27.9. The number of hydrogen-bond donors (Lipinski definition) is 2. The number of non-ortho nitro benzene ring substituents is 1. The predicted octanol–water partition coefficient (Wildman–Crippen LogP) is 5.02. The Morgan fingerprint density at radius 1 is 1.15 bits per heavy atom. The van der Waals surface area contributed by atoms with E-state index in [0.717, 1.165) is 11.6 Å². The molecule has 6 nitrogen and oxygen atoms in total. The smallest absolute Gasteiger partial charge is 0.320 e. The van der Waals surface area contributed by atoms with Crippen LogP contribution in [0.15, 0.2) is 46.9 Å². The Labute approximate surface area is 160 Å². The third-order valence-electron chi connectivity index (χ3n) is 3.38. The van der Waals surface area contributed by atoms with Crippen molar-refractivity contribution in [2.75, 3.05) is 0 Å². The molecule has 0 aliphatic heterocycles. The zero-order valence-electron chi connectivity index (χ0n) is 13.0. The van der Waals surface area contributed by atoms with Crippen molar-refractivity contribution in [2.24, 2.45) is 0 Å². The van der Waals surface area contributed by atoms with Crippen LogP contribution in [0.25, 0.3) is 0 Å². The summed E-state index contributed by atoms with van der Waals surface area (Å²) in [6, 6.07) is 9.91. The molecule has 0 saturated carbocycles. The second-order valence-corrected chi connectivity index (χ2v) is 8.81. The summed E-state index contributed by atoms with van der Waals surface area (Å²) < 4.78 is 38.4. The molecule has 0 atom stereocenters. The van der Waals surface area contributed by atoms with E-state index in [1.807, 2.05) is 0 Å². The largest absolute Gasteiger partial charge is 0.399 e. The summed E-state index contributed by atoms with van der Waals surface area (Å²) in [5.74, 6) is 0.919. The number of nitro groups is 1. The Morgan fingerprint density at radius 2 is 1.77 bits per heavy atom. The summed E-state index contributed by atoms with van der Waals surface area (Å²) in [7, 11) is -5.63. The summed E-state index contributed by atoms with van der Waals surface area (Å²) in [6.07, 6.45) is 0. The number of hydrogen-bond acceptors (Lipinski definition) is 4. The number of rotatable bonds is 7. The van der Waals surface area contributed by atoms with Crippen LogP contribution in [0.4, 0.5) is 14.5 Å². The van der Waals surface area contributed by atoms with E-state index in [0.29, 0.717) is 17.1 Å². The Morgan fingerprint density at radius 3 is 2.31 bits per heavy atom. The molecule has 0 fully saturated rings. The first kappa shape index (κ1) is 21.0. The van der Waals surface area contributed by atoms with Gasteiger partial charge in [-0.1, -0.05) is 40.2 Å². The molecule has 0 aliphatic carbocycles. The molecular weight excluding hydrogens is 455 g/mol. The quantitative estimate of drug-likeness (QED) is 0.337. The fourth-order valence-electron chi connectivity index (χ4n) is 2.10. The molecule has 26 heavy (non-hydrogen) atoms. The number of halogens is 3. The highest BCUT2D eigenvalue weighted by atomic mass is 79.9. The molecule has 11 heteroatoms. The van der Waals surface area contributed by atoms with Crippen molar-refractivity contribution in [1.29, 1.82) is 0 Å². The van der Waals surface area contributed by atoms with Crippen LogP contribution in [0.1, 0.15) is 16.7 Å². The molecule has 140 valence electrons. The third-order valence-corrected chi connectivity index (χ3v) is 6.09. The molecule has 0 radical (unpaired) electrons. The van der Waals surface area contributed by atoms with Gasteiger partial charge in [0.1, 0.15) is 0 Å². The Bertz CT molecular complexity index is 877. The summed E-state index contributed by atoms with van der Waals surface area (Å²) in [5, 5.41) is 10.7. The van der Waals surface area contributed by atoms with Crippen molar-refractivity contribution in [3.8, 4) is 0 Å². The van der Waals surface area contributed by atoms with Gasteiger partial charge in [-0.25, -0.2) is 0 Å². The zero-order valence-corrected chi connectivity index (χ0v) is 16.3. The average Bonchev–Trinajstić information content (AvgIpc) is 2.54. The van der Waals surface area contributed by atoms with Crippen LogP contribution in [-0.2, 0) is 21.7 Å². The molecule has 2 aromatic rings. The number of nitro benzene ring substituents is 1. The van der Waals surface area contributed by atoms with Crippen LogP contribution in [0, 0.1) is 10.1 Å². The molecule has 2 rings (SSSR count). The first-order valence-corrected chi connectivity index (χ1v) is 10.6. The van der Waals surface area contributed by atoms with E-state index in [1.165, 1.54) is 36.0 Å². The molecule has 2 N–H and O–H groups in total. The van der Waals surface area contributed by atoms with Crippen molar-refractivity contribution < 1.29 is 28.1 Å². The van der Waals surface area contributed by atoms with E-state index in [2.05, 4.69) is 15.9 Å². The lowest BCUT2D eigenvalue weighted by molar-refractivity contribution is -0.384. The van der Waals surface area contributed by atoms with Gasteiger partial charge in [0, 0.05) is 33.7 Å². The second kappa shape index (κ2) is 8.14.